The van der Waals surface area contributed by atoms with Crippen LogP contribution < -0.4 is 15.5 Å². The molecule has 1 aromatic heterocycles. The molecule has 1 heterocycles. The molecule has 1 atom stereocenters. The van der Waals surface area contributed by atoms with Gasteiger partial charge in [0.15, 0.2) is 0 Å². The number of aryl methyl sites for hydroxylation is 3. The third kappa shape index (κ3) is 7.78. The van der Waals surface area contributed by atoms with Gasteiger partial charge in [-0.2, -0.15) is 0 Å². The summed E-state index contributed by atoms with van der Waals surface area (Å²) in [5.41, 5.74) is 4.55. The average Bonchev–Trinajstić information content (AvgIpc) is 2.94. The molecule has 1 aliphatic rings. The number of anilines is 2. The summed E-state index contributed by atoms with van der Waals surface area (Å²) in [6.07, 6.45) is 7.56. The molecule has 0 radical (unpaired) electrons. The lowest BCUT2D eigenvalue weighted by atomic mass is 9.94. The van der Waals surface area contributed by atoms with E-state index < -0.39 is 6.04 Å². The first-order valence-corrected chi connectivity index (χ1v) is 14.3. The van der Waals surface area contributed by atoms with Crippen LogP contribution in [0.1, 0.15) is 79.7 Å². The van der Waals surface area contributed by atoms with Gasteiger partial charge in [0.25, 0.3) is 0 Å². The van der Waals surface area contributed by atoms with Crippen LogP contribution in [0.15, 0.2) is 66.9 Å². The lowest BCUT2D eigenvalue weighted by molar-refractivity contribution is -0.127. The number of benzene rings is 2. The Kier molecular flexibility index (Phi) is 10.1. The van der Waals surface area contributed by atoms with Gasteiger partial charge in [0.05, 0.1) is 0 Å². The van der Waals surface area contributed by atoms with Gasteiger partial charge < -0.3 is 10.6 Å². The molecule has 3 amide bonds. The van der Waals surface area contributed by atoms with Crippen LogP contribution in [-0.4, -0.2) is 28.7 Å². The molecule has 1 fully saturated rings. The standard InChI is InChI=1S/C33H40N4O3/c1-23-15-18-26(19-16-23)32(33(40)35-27-10-5-4-6-11-27)37(28-20-17-24(2)22-25(28)3)31(39)14-9-13-30(38)36-29-12-7-8-21-34-29/h7-8,12,15-22,27,32H,4-6,9-11,13-14H2,1-3H3,(H,35,40)(H,34,36,38). The number of nitrogens with one attached hydrogen (secondary N) is 2. The zero-order valence-electron chi connectivity index (χ0n) is 23.8. The molecule has 0 saturated heterocycles. The monoisotopic (exact) mass is 540 g/mol. The zero-order chi connectivity index (χ0) is 28.5. The number of aromatic nitrogens is 1. The van der Waals surface area contributed by atoms with Gasteiger partial charge in [-0.05, 0) is 69.4 Å². The van der Waals surface area contributed by atoms with Gasteiger partial charge in [-0.15, -0.1) is 0 Å². The molecule has 40 heavy (non-hydrogen) atoms. The Morgan fingerprint density at radius 1 is 0.900 bits per heavy atom. The second-order valence-electron chi connectivity index (χ2n) is 10.8. The smallest absolute Gasteiger partial charge is 0.248 e. The van der Waals surface area contributed by atoms with E-state index in [1.165, 1.54) is 6.42 Å². The van der Waals surface area contributed by atoms with Crippen molar-refractivity contribution in [1.82, 2.24) is 10.3 Å². The van der Waals surface area contributed by atoms with E-state index in [0.29, 0.717) is 17.9 Å². The van der Waals surface area contributed by atoms with E-state index in [4.69, 9.17) is 0 Å². The van der Waals surface area contributed by atoms with Gasteiger partial charge in [0.2, 0.25) is 17.7 Å². The fraction of sp³-hybridized carbons (Fsp3) is 0.394. The van der Waals surface area contributed by atoms with E-state index in [1.807, 2.05) is 63.2 Å². The number of hydrogen-bond donors (Lipinski definition) is 2. The molecule has 7 nitrogen and oxygen atoms in total. The third-order valence-electron chi connectivity index (χ3n) is 7.46. The summed E-state index contributed by atoms with van der Waals surface area (Å²) < 4.78 is 0. The van der Waals surface area contributed by atoms with Crippen molar-refractivity contribution in [2.75, 3.05) is 10.2 Å². The molecule has 1 aliphatic carbocycles. The van der Waals surface area contributed by atoms with Crippen LogP contribution in [0, 0.1) is 20.8 Å². The minimum atomic E-state index is -0.821. The molecule has 4 rings (SSSR count). The van der Waals surface area contributed by atoms with Crippen molar-refractivity contribution in [1.29, 1.82) is 0 Å². The van der Waals surface area contributed by atoms with Gasteiger partial charge in [0.1, 0.15) is 11.9 Å². The SMILES string of the molecule is Cc1ccc(C(C(=O)NC2CCCCC2)N(C(=O)CCCC(=O)Nc2ccccn2)c2ccc(C)cc2C)cc1. The maximum absolute atomic E-state index is 14.0. The summed E-state index contributed by atoms with van der Waals surface area (Å²) in [5.74, 6) is -0.0804. The molecule has 7 heteroatoms. The second kappa shape index (κ2) is 13.9. The first kappa shape index (κ1) is 29.0. The van der Waals surface area contributed by atoms with Crippen molar-refractivity contribution >= 4 is 29.2 Å². The molecule has 1 unspecified atom stereocenters. The Morgan fingerprint density at radius 3 is 2.30 bits per heavy atom. The van der Waals surface area contributed by atoms with Crippen LogP contribution in [0.4, 0.5) is 11.5 Å². The highest BCUT2D eigenvalue weighted by atomic mass is 16.2. The highest BCUT2D eigenvalue weighted by molar-refractivity contribution is 6.02. The molecule has 0 bridgehead atoms. The molecule has 2 aromatic carbocycles. The number of amides is 3. The quantitative estimate of drug-likeness (QED) is 0.314. The van der Waals surface area contributed by atoms with E-state index in [2.05, 4.69) is 15.6 Å². The summed E-state index contributed by atoms with van der Waals surface area (Å²) in [4.78, 5) is 46.3. The van der Waals surface area contributed by atoms with E-state index in [0.717, 1.165) is 47.9 Å². The minimum Gasteiger partial charge on any atom is -0.351 e. The number of nitrogens with zero attached hydrogens (tertiary/aromatic N) is 2. The normalized spacial score (nSPS) is 14.3. The van der Waals surface area contributed by atoms with Gasteiger partial charge in [-0.25, -0.2) is 4.98 Å². The Morgan fingerprint density at radius 2 is 1.62 bits per heavy atom. The number of rotatable bonds is 10. The Hall–Kier alpha value is -4.00. The van der Waals surface area contributed by atoms with E-state index >= 15 is 0 Å². The van der Waals surface area contributed by atoms with Crippen molar-refractivity contribution in [3.05, 3.63) is 89.1 Å². The van der Waals surface area contributed by atoms with E-state index in [9.17, 15) is 14.4 Å². The fourth-order valence-corrected chi connectivity index (χ4v) is 5.35. The minimum absolute atomic E-state index is 0.112. The van der Waals surface area contributed by atoms with E-state index in [-0.39, 0.29) is 36.6 Å². The molecular weight excluding hydrogens is 500 g/mol. The topological polar surface area (TPSA) is 91.4 Å². The summed E-state index contributed by atoms with van der Waals surface area (Å²) in [6.45, 7) is 5.98. The maximum Gasteiger partial charge on any atom is 0.248 e. The number of carbonyl (C=O) groups excluding carboxylic acids is 3. The zero-order valence-corrected chi connectivity index (χ0v) is 23.8. The summed E-state index contributed by atoms with van der Waals surface area (Å²) in [6, 6.07) is 18.3. The number of pyridine rings is 1. The van der Waals surface area contributed by atoms with Crippen molar-refractivity contribution < 1.29 is 14.4 Å². The largest absolute Gasteiger partial charge is 0.351 e. The van der Waals surface area contributed by atoms with Crippen LogP contribution >= 0.6 is 0 Å². The van der Waals surface area contributed by atoms with Gasteiger partial charge in [-0.3, -0.25) is 19.3 Å². The first-order valence-electron chi connectivity index (χ1n) is 14.3. The van der Waals surface area contributed by atoms with Gasteiger partial charge in [0, 0.05) is 30.8 Å². The molecule has 210 valence electrons. The maximum atomic E-state index is 14.0. The third-order valence-corrected chi connectivity index (χ3v) is 7.46. The molecule has 3 aromatic rings. The molecule has 0 spiro atoms. The summed E-state index contributed by atoms with van der Waals surface area (Å²) >= 11 is 0. The highest BCUT2D eigenvalue weighted by Crippen LogP contribution is 2.33. The van der Waals surface area contributed by atoms with Crippen molar-refractivity contribution in [2.24, 2.45) is 0 Å². The Labute approximate surface area is 237 Å². The average molecular weight is 541 g/mol. The lowest BCUT2D eigenvalue weighted by Crippen LogP contribution is -2.47. The van der Waals surface area contributed by atoms with Gasteiger partial charge in [-0.1, -0.05) is 72.9 Å². The molecule has 0 aliphatic heterocycles. The van der Waals surface area contributed by atoms with Crippen LogP contribution in [-0.2, 0) is 14.4 Å². The Balaban J connectivity index is 1.60. The second-order valence-corrected chi connectivity index (χ2v) is 10.8. The van der Waals surface area contributed by atoms with Crippen molar-refractivity contribution in [3.63, 3.8) is 0 Å². The lowest BCUT2D eigenvalue weighted by Gasteiger charge is -2.34. The number of carbonyl (C=O) groups is 3. The van der Waals surface area contributed by atoms with Crippen molar-refractivity contribution in [2.45, 2.75) is 84.2 Å². The van der Waals surface area contributed by atoms with Crippen molar-refractivity contribution in [3.8, 4) is 0 Å². The first-order chi connectivity index (χ1) is 19.3. The van der Waals surface area contributed by atoms with Crippen LogP contribution in [0.5, 0.6) is 0 Å². The van der Waals surface area contributed by atoms with E-state index in [1.54, 1.807) is 29.3 Å². The predicted molar refractivity (Wildman–Crippen MR) is 159 cm³/mol. The summed E-state index contributed by atoms with van der Waals surface area (Å²) in [7, 11) is 0. The van der Waals surface area contributed by atoms with Crippen LogP contribution in [0.2, 0.25) is 0 Å². The highest BCUT2D eigenvalue weighted by Gasteiger charge is 2.34. The van der Waals surface area contributed by atoms with Crippen LogP contribution in [0.3, 0.4) is 0 Å². The predicted octanol–water partition coefficient (Wildman–Crippen LogP) is 6.34. The molecule has 2 N–H and O–H groups in total. The fourth-order valence-electron chi connectivity index (χ4n) is 5.35. The summed E-state index contributed by atoms with van der Waals surface area (Å²) in [5, 5.41) is 6.04. The number of hydrogen-bond acceptors (Lipinski definition) is 4. The van der Waals surface area contributed by atoms with Gasteiger partial charge >= 0.3 is 0 Å². The molecule has 1 saturated carbocycles. The molecular formula is C33H40N4O3. The Bertz CT molecular complexity index is 1300. The van der Waals surface area contributed by atoms with Crippen LogP contribution in [0.25, 0.3) is 0 Å².